The largest absolute Gasteiger partial charge is 0.319 e. The molecule has 112 valence electrons. The van der Waals surface area contributed by atoms with E-state index >= 15 is 0 Å². The highest BCUT2D eigenvalue weighted by Gasteiger charge is 2.42. The summed E-state index contributed by atoms with van der Waals surface area (Å²) in [6.07, 6.45) is 5.47. The molecule has 1 aliphatic heterocycles. The molecule has 1 saturated carbocycles. The minimum absolute atomic E-state index is 0.257. The molecular weight excluding hydrogens is 262 g/mol. The maximum atomic E-state index is 12.3. The maximum Gasteiger partial charge on any atom is 0.279 e. The van der Waals surface area contributed by atoms with E-state index < -0.39 is 10.2 Å². The van der Waals surface area contributed by atoms with Crippen molar-refractivity contribution in [3.8, 4) is 0 Å². The molecule has 1 unspecified atom stereocenters. The standard InChI is InChI=1S/C13H27N3O2S/c1-3-13(6-7-13)11-15-19(17,18)16-8-4-5-12(10-16)9-14-2/h12,14-15H,3-11H2,1-2H3. The fourth-order valence-corrected chi connectivity index (χ4v) is 4.32. The lowest BCUT2D eigenvalue weighted by Gasteiger charge is -2.32. The van der Waals surface area contributed by atoms with Gasteiger partial charge >= 0.3 is 0 Å². The molecule has 0 aromatic heterocycles. The normalized spacial score (nSPS) is 27.4. The molecule has 0 spiro atoms. The lowest BCUT2D eigenvalue weighted by atomic mass is 10.00. The van der Waals surface area contributed by atoms with E-state index in [-0.39, 0.29) is 5.41 Å². The van der Waals surface area contributed by atoms with E-state index in [1.807, 2.05) is 7.05 Å². The second-order valence-electron chi connectivity index (χ2n) is 6.10. The summed E-state index contributed by atoms with van der Waals surface area (Å²) in [5.41, 5.74) is 0.257. The van der Waals surface area contributed by atoms with Gasteiger partial charge in [0.05, 0.1) is 0 Å². The van der Waals surface area contributed by atoms with Crippen LogP contribution in [-0.2, 0) is 10.2 Å². The third kappa shape index (κ3) is 3.90. The van der Waals surface area contributed by atoms with Crippen LogP contribution in [-0.4, -0.2) is 45.9 Å². The fourth-order valence-electron chi connectivity index (χ4n) is 2.87. The van der Waals surface area contributed by atoms with Gasteiger partial charge in [-0.25, -0.2) is 4.72 Å². The second-order valence-corrected chi connectivity index (χ2v) is 7.86. The first-order valence-corrected chi connectivity index (χ1v) is 8.85. The van der Waals surface area contributed by atoms with E-state index in [1.165, 1.54) is 0 Å². The van der Waals surface area contributed by atoms with Crippen LogP contribution in [0.25, 0.3) is 0 Å². The van der Waals surface area contributed by atoms with Gasteiger partial charge in [0.15, 0.2) is 0 Å². The van der Waals surface area contributed by atoms with Gasteiger partial charge in [-0.15, -0.1) is 0 Å². The van der Waals surface area contributed by atoms with Gasteiger partial charge < -0.3 is 5.32 Å². The lowest BCUT2D eigenvalue weighted by Crippen LogP contribution is -2.48. The molecule has 2 aliphatic rings. The number of piperidine rings is 1. The zero-order chi connectivity index (χ0) is 13.9. The summed E-state index contributed by atoms with van der Waals surface area (Å²) >= 11 is 0. The smallest absolute Gasteiger partial charge is 0.279 e. The molecule has 19 heavy (non-hydrogen) atoms. The molecule has 6 heteroatoms. The van der Waals surface area contributed by atoms with Crippen molar-refractivity contribution in [3.05, 3.63) is 0 Å². The van der Waals surface area contributed by atoms with Crippen LogP contribution in [0.15, 0.2) is 0 Å². The van der Waals surface area contributed by atoms with Crippen LogP contribution in [0.4, 0.5) is 0 Å². The molecule has 2 N–H and O–H groups in total. The molecule has 0 bridgehead atoms. The Labute approximate surface area is 117 Å². The van der Waals surface area contributed by atoms with Crippen LogP contribution < -0.4 is 10.0 Å². The Hall–Kier alpha value is -0.170. The predicted octanol–water partition coefficient (Wildman–Crippen LogP) is 0.942. The fraction of sp³-hybridized carbons (Fsp3) is 1.00. The van der Waals surface area contributed by atoms with Gasteiger partial charge in [0.1, 0.15) is 0 Å². The molecule has 2 rings (SSSR count). The van der Waals surface area contributed by atoms with Crippen molar-refractivity contribution < 1.29 is 8.42 Å². The van der Waals surface area contributed by atoms with E-state index in [4.69, 9.17) is 0 Å². The van der Waals surface area contributed by atoms with Gasteiger partial charge in [-0.05, 0) is 57.0 Å². The second kappa shape index (κ2) is 6.08. The molecule has 0 aromatic carbocycles. The Bertz CT molecular complexity index is 391. The van der Waals surface area contributed by atoms with E-state index in [0.717, 1.165) is 38.6 Å². The lowest BCUT2D eigenvalue weighted by molar-refractivity contribution is 0.260. The Morgan fingerprint density at radius 2 is 2.11 bits per heavy atom. The van der Waals surface area contributed by atoms with Crippen LogP contribution in [0, 0.1) is 11.3 Å². The highest BCUT2D eigenvalue weighted by molar-refractivity contribution is 7.87. The number of rotatable bonds is 7. The molecule has 1 aliphatic carbocycles. The third-order valence-electron chi connectivity index (χ3n) is 4.65. The molecule has 1 saturated heterocycles. The summed E-state index contributed by atoms with van der Waals surface area (Å²) in [6, 6.07) is 0. The van der Waals surface area contributed by atoms with E-state index in [2.05, 4.69) is 17.0 Å². The molecule has 5 nitrogen and oxygen atoms in total. The molecule has 1 heterocycles. The summed E-state index contributed by atoms with van der Waals surface area (Å²) in [5, 5.41) is 3.14. The van der Waals surface area contributed by atoms with Crippen molar-refractivity contribution in [3.63, 3.8) is 0 Å². The monoisotopic (exact) mass is 289 g/mol. The molecule has 0 amide bonds. The quantitative estimate of drug-likeness (QED) is 0.733. The average molecular weight is 289 g/mol. The first kappa shape index (κ1) is 15.2. The van der Waals surface area contributed by atoms with Crippen LogP contribution in [0.2, 0.25) is 0 Å². The first-order chi connectivity index (χ1) is 9.01. The van der Waals surface area contributed by atoms with E-state index in [9.17, 15) is 8.42 Å². The molecule has 0 radical (unpaired) electrons. The van der Waals surface area contributed by atoms with Gasteiger partial charge in [-0.3, -0.25) is 0 Å². The molecule has 0 aromatic rings. The van der Waals surface area contributed by atoms with Gasteiger partial charge in [-0.2, -0.15) is 12.7 Å². The molecule has 2 fully saturated rings. The van der Waals surface area contributed by atoms with E-state index in [0.29, 0.717) is 25.6 Å². The topological polar surface area (TPSA) is 61.4 Å². The highest BCUT2D eigenvalue weighted by Crippen LogP contribution is 2.48. The van der Waals surface area contributed by atoms with Crippen LogP contribution in [0.5, 0.6) is 0 Å². The zero-order valence-electron chi connectivity index (χ0n) is 12.1. The van der Waals surface area contributed by atoms with Gasteiger partial charge in [0.25, 0.3) is 10.2 Å². The van der Waals surface area contributed by atoms with Gasteiger partial charge in [0, 0.05) is 19.6 Å². The minimum atomic E-state index is -3.28. The number of hydrogen-bond donors (Lipinski definition) is 2. The third-order valence-corrected chi connectivity index (χ3v) is 6.17. The van der Waals surface area contributed by atoms with Crippen molar-refractivity contribution in [1.29, 1.82) is 0 Å². The Kier molecular flexibility index (Phi) is 4.87. The molecule has 1 atom stereocenters. The van der Waals surface area contributed by atoms with Crippen LogP contribution in [0.3, 0.4) is 0 Å². The molecular formula is C13H27N3O2S. The van der Waals surface area contributed by atoms with Crippen molar-refractivity contribution >= 4 is 10.2 Å². The van der Waals surface area contributed by atoms with Gasteiger partial charge in [-0.1, -0.05) is 6.92 Å². The Balaban J connectivity index is 1.87. The van der Waals surface area contributed by atoms with Gasteiger partial charge in [0.2, 0.25) is 0 Å². The van der Waals surface area contributed by atoms with E-state index in [1.54, 1.807) is 4.31 Å². The maximum absolute atomic E-state index is 12.3. The Morgan fingerprint density at radius 1 is 1.37 bits per heavy atom. The zero-order valence-corrected chi connectivity index (χ0v) is 12.9. The van der Waals surface area contributed by atoms with Crippen molar-refractivity contribution in [1.82, 2.24) is 14.3 Å². The number of hydrogen-bond acceptors (Lipinski definition) is 3. The van der Waals surface area contributed by atoms with Crippen molar-refractivity contribution in [2.45, 2.75) is 39.0 Å². The van der Waals surface area contributed by atoms with Crippen molar-refractivity contribution in [2.24, 2.45) is 11.3 Å². The number of nitrogens with one attached hydrogen (secondary N) is 2. The summed E-state index contributed by atoms with van der Waals surface area (Å²) in [4.78, 5) is 0. The summed E-state index contributed by atoms with van der Waals surface area (Å²) in [5.74, 6) is 0.441. The van der Waals surface area contributed by atoms with Crippen LogP contribution >= 0.6 is 0 Å². The SMILES string of the molecule is CCC1(CNS(=O)(=O)N2CCCC(CNC)C2)CC1. The number of nitrogens with zero attached hydrogens (tertiary/aromatic N) is 1. The first-order valence-electron chi connectivity index (χ1n) is 7.41. The summed E-state index contributed by atoms with van der Waals surface area (Å²) in [7, 11) is -1.36. The average Bonchev–Trinajstić information content (AvgIpc) is 3.18. The Morgan fingerprint density at radius 3 is 2.68 bits per heavy atom. The predicted molar refractivity (Wildman–Crippen MR) is 77.1 cm³/mol. The summed E-state index contributed by atoms with van der Waals surface area (Å²) < 4.78 is 29.1. The highest BCUT2D eigenvalue weighted by atomic mass is 32.2. The van der Waals surface area contributed by atoms with Crippen LogP contribution in [0.1, 0.15) is 39.0 Å². The van der Waals surface area contributed by atoms with Crippen molar-refractivity contribution in [2.75, 3.05) is 33.2 Å². The summed E-state index contributed by atoms with van der Waals surface area (Å²) in [6.45, 7) is 4.96. The minimum Gasteiger partial charge on any atom is -0.319 e.